The molecular weight excluding hydrogens is 196 g/mol. The first-order valence-electron chi connectivity index (χ1n) is 5.44. The molecule has 0 radical (unpaired) electrons. The third-order valence-corrected chi connectivity index (χ3v) is 2.67. The van der Waals surface area contributed by atoms with Crippen molar-refractivity contribution in [3.63, 3.8) is 0 Å². The van der Waals surface area contributed by atoms with Gasteiger partial charge in [0.15, 0.2) is 0 Å². The molecule has 0 N–H and O–H groups in total. The van der Waals surface area contributed by atoms with Crippen LogP contribution in [0.2, 0.25) is 0 Å². The predicted molar refractivity (Wildman–Crippen MR) is 60.8 cm³/mol. The number of rotatable bonds is 7. The lowest BCUT2D eigenvalue weighted by molar-refractivity contribution is 0.567. The van der Waals surface area contributed by atoms with E-state index in [0.29, 0.717) is 0 Å². The average Bonchev–Trinajstić information content (AvgIpc) is 2.65. The zero-order valence-electron chi connectivity index (χ0n) is 8.88. The van der Waals surface area contributed by atoms with Gasteiger partial charge in [-0.3, -0.25) is 0 Å². The Morgan fingerprint density at radius 3 is 2.79 bits per heavy atom. The second kappa shape index (κ2) is 6.88. The first-order chi connectivity index (χ1) is 6.88. The molecule has 0 amide bonds. The molecule has 0 spiro atoms. The Labute approximate surface area is 91.3 Å². The maximum absolute atomic E-state index is 5.61. The summed E-state index contributed by atoms with van der Waals surface area (Å²) >= 11 is 5.61. The molecule has 0 saturated carbocycles. The van der Waals surface area contributed by atoms with Gasteiger partial charge in [0.2, 0.25) is 0 Å². The molecule has 1 rings (SSSR count). The summed E-state index contributed by atoms with van der Waals surface area (Å²) in [6.07, 6.45) is 9.88. The van der Waals surface area contributed by atoms with Crippen molar-refractivity contribution >= 4 is 11.6 Å². The molecule has 0 aliphatic carbocycles. The van der Waals surface area contributed by atoms with Gasteiger partial charge in [-0.15, -0.1) is 11.6 Å². The predicted octanol–water partition coefficient (Wildman–Crippen LogP) is 3.24. The lowest BCUT2D eigenvalue weighted by Crippen LogP contribution is -2.01. The standard InChI is InChI=1S/C11H19ClN2/c1-2-11-13-8-10-14(11)9-6-4-3-5-7-12/h8,10H,2-7,9H2,1H3. The highest BCUT2D eigenvalue weighted by Crippen LogP contribution is 2.05. The van der Waals surface area contributed by atoms with Gasteiger partial charge in [0.05, 0.1) is 0 Å². The van der Waals surface area contributed by atoms with Gasteiger partial charge in [-0.05, 0) is 12.8 Å². The molecule has 2 nitrogen and oxygen atoms in total. The van der Waals surface area contributed by atoms with Crippen LogP contribution in [0.15, 0.2) is 12.4 Å². The zero-order chi connectivity index (χ0) is 10.2. The summed E-state index contributed by atoms with van der Waals surface area (Å²) in [5.74, 6) is 1.99. The molecule has 1 aromatic rings. The topological polar surface area (TPSA) is 17.8 Å². The molecule has 0 bridgehead atoms. The van der Waals surface area contributed by atoms with Crippen LogP contribution < -0.4 is 0 Å². The number of aryl methyl sites for hydroxylation is 2. The number of hydrogen-bond acceptors (Lipinski definition) is 1. The first-order valence-corrected chi connectivity index (χ1v) is 5.98. The minimum atomic E-state index is 0.797. The maximum Gasteiger partial charge on any atom is 0.108 e. The third kappa shape index (κ3) is 3.70. The Hall–Kier alpha value is -0.500. The van der Waals surface area contributed by atoms with Gasteiger partial charge in [-0.1, -0.05) is 19.8 Å². The van der Waals surface area contributed by atoms with E-state index < -0.39 is 0 Å². The van der Waals surface area contributed by atoms with E-state index >= 15 is 0 Å². The minimum absolute atomic E-state index is 0.797. The number of halogens is 1. The number of imidazole rings is 1. The Balaban J connectivity index is 2.17. The van der Waals surface area contributed by atoms with Gasteiger partial charge in [0, 0.05) is 31.2 Å². The average molecular weight is 215 g/mol. The van der Waals surface area contributed by atoms with Crippen molar-refractivity contribution in [3.05, 3.63) is 18.2 Å². The molecule has 0 saturated heterocycles. The first kappa shape index (κ1) is 11.6. The molecule has 1 aromatic heterocycles. The summed E-state index contributed by atoms with van der Waals surface area (Å²) in [7, 11) is 0. The van der Waals surface area contributed by atoms with Crippen LogP contribution in [0.3, 0.4) is 0 Å². The van der Waals surface area contributed by atoms with E-state index in [9.17, 15) is 0 Å². The van der Waals surface area contributed by atoms with Crippen LogP contribution in [-0.4, -0.2) is 15.4 Å². The van der Waals surface area contributed by atoms with Crippen LogP contribution in [-0.2, 0) is 13.0 Å². The van der Waals surface area contributed by atoms with Crippen LogP contribution >= 0.6 is 11.6 Å². The number of aromatic nitrogens is 2. The lowest BCUT2D eigenvalue weighted by Gasteiger charge is -2.05. The summed E-state index contributed by atoms with van der Waals surface area (Å²) < 4.78 is 2.25. The van der Waals surface area contributed by atoms with Crippen molar-refractivity contribution < 1.29 is 0 Å². The second-order valence-electron chi connectivity index (χ2n) is 3.49. The number of nitrogens with zero attached hydrogens (tertiary/aromatic N) is 2. The number of hydrogen-bond donors (Lipinski definition) is 0. The summed E-state index contributed by atoms with van der Waals surface area (Å²) in [4.78, 5) is 4.29. The quantitative estimate of drug-likeness (QED) is 0.503. The highest BCUT2D eigenvalue weighted by Gasteiger charge is 1.98. The number of alkyl halides is 1. The van der Waals surface area contributed by atoms with Crippen molar-refractivity contribution in [1.82, 2.24) is 9.55 Å². The van der Waals surface area contributed by atoms with Crippen molar-refractivity contribution in [1.29, 1.82) is 0 Å². The Bertz CT molecular complexity index is 245. The van der Waals surface area contributed by atoms with Crippen LogP contribution in [0.25, 0.3) is 0 Å². The molecule has 80 valence electrons. The molecule has 1 heterocycles. The lowest BCUT2D eigenvalue weighted by atomic mass is 10.2. The van der Waals surface area contributed by atoms with E-state index in [4.69, 9.17) is 11.6 Å². The summed E-state index contributed by atoms with van der Waals surface area (Å²) in [5.41, 5.74) is 0. The fourth-order valence-corrected chi connectivity index (χ4v) is 1.78. The largest absolute Gasteiger partial charge is 0.335 e. The Morgan fingerprint density at radius 1 is 1.29 bits per heavy atom. The smallest absolute Gasteiger partial charge is 0.108 e. The second-order valence-corrected chi connectivity index (χ2v) is 3.87. The van der Waals surface area contributed by atoms with Gasteiger partial charge in [0.25, 0.3) is 0 Å². The van der Waals surface area contributed by atoms with Crippen LogP contribution in [0.4, 0.5) is 0 Å². The molecule has 0 aliphatic rings. The van der Waals surface area contributed by atoms with Crippen molar-refractivity contribution in [2.24, 2.45) is 0 Å². The molecule has 0 unspecified atom stereocenters. The Kier molecular flexibility index (Phi) is 5.69. The van der Waals surface area contributed by atoms with Crippen molar-refractivity contribution in [2.45, 2.75) is 45.6 Å². The van der Waals surface area contributed by atoms with Gasteiger partial charge in [-0.2, -0.15) is 0 Å². The van der Waals surface area contributed by atoms with E-state index in [0.717, 1.165) is 25.3 Å². The molecule has 0 aliphatic heterocycles. The highest BCUT2D eigenvalue weighted by atomic mass is 35.5. The van der Waals surface area contributed by atoms with Crippen molar-refractivity contribution in [2.75, 3.05) is 5.88 Å². The molecule has 0 aromatic carbocycles. The normalized spacial score (nSPS) is 10.7. The summed E-state index contributed by atoms with van der Waals surface area (Å²) in [6.45, 7) is 3.25. The molecule has 14 heavy (non-hydrogen) atoms. The summed E-state index contributed by atoms with van der Waals surface area (Å²) in [6, 6.07) is 0. The fourth-order valence-electron chi connectivity index (χ4n) is 1.59. The van der Waals surface area contributed by atoms with E-state index in [1.54, 1.807) is 0 Å². The molecule has 0 fully saturated rings. The highest BCUT2D eigenvalue weighted by molar-refractivity contribution is 6.17. The van der Waals surface area contributed by atoms with E-state index in [1.807, 2.05) is 6.20 Å². The van der Waals surface area contributed by atoms with Crippen LogP contribution in [0, 0.1) is 0 Å². The fraction of sp³-hybridized carbons (Fsp3) is 0.727. The number of unbranched alkanes of at least 4 members (excludes halogenated alkanes) is 3. The Morgan fingerprint density at radius 2 is 2.07 bits per heavy atom. The molecular formula is C11H19ClN2. The maximum atomic E-state index is 5.61. The SMILES string of the molecule is CCc1nccn1CCCCCCCl. The molecule has 0 atom stereocenters. The van der Waals surface area contributed by atoms with Crippen LogP contribution in [0.5, 0.6) is 0 Å². The van der Waals surface area contributed by atoms with Crippen molar-refractivity contribution in [3.8, 4) is 0 Å². The molecule has 3 heteroatoms. The van der Waals surface area contributed by atoms with Gasteiger partial charge < -0.3 is 4.57 Å². The minimum Gasteiger partial charge on any atom is -0.335 e. The van der Waals surface area contributed by atoms with Gasteiger partial charge in [0.1, 0.15) is 5.82 Å². The van der Waals surface area contributed by atoms with Gasteiger partial charge in [-0.25, -0.2) is 4.98 Å². The van der Waals surface area contributed by atoms with Gasteiger partial charge >= 0.3 is 0 Å². The monoisotopic (exact) mass is 214 g/mol. The third-order valence-electron chi connectivity index (χ3n) is 2.40. The van der Waals surface area contributed by atoms with Crippen LogP contribution in [0.1, 0.15) is 38.4 Å². The van der Waals surface area contributed by atoms with E-state index in [2.05, 4.69) is 22.7 Å². The van der Waals surface area contributed by atoms with E-state index in [1.165, 1.54) is 25.1 Å². The van der Waals surface area contributed by atoms with E-state index in [-0.39, 0.29) is 0 Å². The zero-order valence-corrected chi connectivity index (χ0v) is 9.63. The summed E-state index contributed by atoms with van der Waals surface area (Å²) in [5, 5.41) is 0.